The average molecular weight is 1050 g/mol. The smallest absolute Gasteiger partial charge is 0.382 e. The maximum Gasteiger partial charge on any atom is 1.00 e. The van der Waals surface area contributed by atoms with E-state index in [1.165, 1.54) is 48.5 Å². The zero-order valence-electron chi connectivity index (χ0n) is 41.0. The first-order valence-corrected chi connectivity index (χ1v) is 22.2. The number of anilines is 4. The second-order valence-corrected chi connectivity index (χ2v) is 15.0. The van der Waals surface area contributed by atoms with Crippen LogP contribution in [0.4, 0.5) is 23.3 Å². The van der Waals surface area contributed by atoms with Crippen LogP contribution in [0.1, 0.15) is 57.4 Å². The first-order chi connectivity index (χ1) is 34.3. The summed E-state index contributed by atoms with van der Waals surface area (Å²) in [6.45, 7) is 3.57. The number of hydrogen-bond donors (Lipinski definition) is 6. The predicted octanol–water partition coefficient (Wildman–Crippen LogP) is 4.94. The molecule has 25 nitrogen and oxygen atoms in total. The number of nitrogen functional groups attached to an aromatic ring is 5. The van der Waals surface area contributed by atoms with Gasteiger partial charge in [-0.1, -0.05) is 14.4 Å². The molecule has 0 bridgehead atoms. The van der Waals surface area contributed by atoms with E-state index in [0.29, 0.717) is 40.2 Å². The fraction of sp³-hybridized carbons (Fsp3) is 0.261. The van der Waals surface area contributed by atoms with E-state index >= 15 is 0 Å². The van der Waals surface area contributed by atoms with Crippen molar-refractivity contribution in [1.29, 1.82) is 5.26 Å². The Bertz CT molecular complexity index is 3190. The summed E-state index contributed by atoms with van der Waals surface area (Å²) in [5.41, 5.74) is 32.2. The lowest BCUT2D eigenvalue weighted by molar-refractivity contribution is -0.185. The number of methoxy groups -OCH3 is 2. The van der Waals surface area contributed by atoms with E-state index in [1.807, 2.05) is 89.3 Å². The van der Waals surface area contributed by atoms with Crippen molar-refractivity contribution in [2.75, 3.05) is 50.0 Å². The minimum atomic E-state index is -0.0463. The number of ether oxygens (including phenoxy) is 3. The Kier molecular flexibility index (Phi) is 23.7. The SMILES string of the molecule is C.CC(=O)c1ccc2c(N)ncnn12.CCc1ccc2c(N)ncnn12.CN.COC1CCC(OC)O1.Cn1cccc1.N#Cc1cccn1N.Nc1ncnn2c(Br)ccc12.Nc1ncnn2cccc12.[H+]. The number of nitrogens with zero attached hydrogens (tertiary/aromatic N) is 15. The third-order valence-electron chi connectivity index (χ3n) is 9.68. The van der Waals surface area contributed by atoms with Crippen LogP contribution in [0.3, 0.4) is 0 Å². The standard InChI is InChI=1S/C8H8N4O.C8H10N4.C6H5BrN4.C6H6N4.C6H12O3.C5H5N3.C5H7N.CH5N.CH4/c1-5(13)6-2-3-7-8(9)10-4-11-12(6)7;1-2-6-3-4-7-8(9)10-5-11-12(6)7;7-5-2-1-4-6(8)9-3-10-11(4)5;7-6-5-2-1-3-10(5)9-4-8-6;1-7-5-3-4-6(8-2)9-5;6-4-5-2-1-3-8(5)7;1-6-4-2-3-5-6;1-2;/h2-4H,1H3,(H2,9,10,11);3-5H,2H2,1H3,(H2,9,10,11);1-3H,(H2,8,9,10);1-4H,(H2,7,8,9);5-6H,3-4H2,1-2H3;1-3H,7H2;2-5H,1H3;2H2,1H3;1H4/p+1. The van der Waals surface area contributed by atoms with Crippen LogP contribution in [0.2, 0.25) is 0 Å². The zero-order valence-corrected chi connectivity index (χ0v) is 41.6. The van der Waals surface area contributed by atoms with E-state index in [2.05, 4.69) is 68.9 Å². The van der Waals surface area contributed by atoms with Crippen molar-refractivity contribution in [2.45, 2.75) is 53.1 Å². The Hall–Kier alpha value is -8.48. The summed E-state index contributed by atoms with van der Waals surface area (Å²) in [6.07, 6.45) is 15.8. The Morgan fingerprint density at radius 2 is 1.19 bits per heavy atom. The van der Waals surface area contributed by atoms with Crippen LogP contribution < -0.4 is 34.5 Å². The van der Waals surface area contributed by atoms with E-state index in [4.69, 9.17) is 48.2 Å². The normalized spacial score (nSPS) is 12.9. The average Bonchev–Trinajstić information content (AvgIpc) is 4.25. The molecule has 382 valence electrons. The van der Waals surface area contributed by atoms with Crippen molar-refractivity contribution in [2.24, 2.45) is 12.8 Å². The Labute approximate surface area is 425 Å². The van der Waals surface area contributed by atoms with Gasteiger partial charge in [0.15, 0.2) is 41.6 Å². The van der Waals surface area contributed by atoms with Crippen molar-refractivity contribution in [3.8, 4) is 6.07 Å². The van der Waals surface area contributed by atoms with Crippen LogP contribution >= 0.6 is 15.9 Å². The number of halogens is 1. The van der Waals surface area contributed by atoms with Crippen molar-refractivity contribution < 1.29 is 20.4 Å². The van der Waals surface area contributed by atoms with E-state index < -0.39 is 0 Å². The molecule has 26 heteroatoms. The van der Waals surface area contributed by atoms with Crippen LogP contribution in [0, 0.1) is 11.3 Å². The number of aryl methyl sites for hydroxylation is 2. The Morgan fingerprint density at radius 1 is 0.708 bits per heavy atom. The molecule has 1 aliphatic heterocycles. The largest absolute Gasteiger partial charge is 1.00 e. The van der Waals surface area contributed by atoms with Crippen LogP contribution in [0.15, 0.2) is 127 Å². The lowest BCUT2D eigenvalue weighted by Crippen LogP contribution is -2.13. The third kappa shape index (κ3) is 16.0. The first kappa shape index (κ1) is 57.8. The highest BCUT2D eigenvalue weighted by Gasteiger charge is 2.24. The molecule has 11 heterocycles. The van der Waals surface area contributed by atoms with Gasteiger partial charge in [0, 0.05) is 71.5 Å². The van der Waals surface area contributed by atoms with Gasteiger partial charge in [-0.15, -0.1) is 0 Å². The molecule has 10 aromatic rings. The second-order valence-electron chi connectivity index (χ2n) is 14.2. The minimum absolute atomic E-state index is 0. The highest BCUT2D eigenvalue weighted by atomic mass is 79.9. The molecule has 0 spiro atoms. The number of Topliss-reactive ketones (excluding diaryl/α,β-unsaturated/α-hetero) is 1. The van der Waals surface area contributed by atoms with Crippen LogP contribution in [-0.4, -0.2) is 107 Å². The molecular formula is C46H63BrN21O4+. The summed E-state index contributed by atoms with van der Waals surface area (Å²) < 4.78 is 25.9. The molecule has 0 amide bonds. The number of carbonyl (C=O) groups excluding carboxylic acids is 1. The van der Waals surface area contributed by atoms with Gasteiger partial charge in [-0.3, -0.25) is 9.47 Å². The monoisotopic (exact) mass is 1050 g/mol. The lowest BCUT2D eigenvalue weighted by atomic mass is 10.3. The number of carbonyl (C=O) groups is 1. The number of rotatable bonds is 4. The number of aromatic nitrogens is 14. The number of ketones is 1. The maximum atomic E-state index is 11.1. The van der Waals surface area contributed by atoms with Crippen molar-refractivity contribution >= 4 is 67.1 Å². The topological polar surface area (TPSA) is 355 Å². The van der Waals surface area contributed by atoms with Crippen molar-refractivity contribution in [3.05, 3.63) is 145 Å². The number of hydrogen-bond acceptors (Lipinski definition) is 19. The summed E-state index contributed by atoms with van der Waals surface area (Å²) in [6, 6.07) is 24.1. The van der Waals surface area contributed by atoms with Gasteiger partial charge in [0.05, 0.1) is 0 Å². The van der Waals surface area contributed by atoms with Gasteiger partial charge in [0.1, 0.15) is 69.4 Å². The molecular weight excluding hydrogens is 991 g/mol. The molecule has 0 aromatic carbocycles. The molecule has 1 fully saturated rings. The summed E-state index contributed by atoms with van der Waals surface area (Å²) >= 11 is 3.32. The van der Waals surface area contributed by atoms with Crippen molar-refractivity contribution in [1.82, 2.24) is 67.6 Å². The van der Waals surface area contributed by atoms with Crippen LogP contribution in [0.25, 0.3) is 22.1 Å². The molecule has 2 atom stereocenters. The second kappa shape index (κ2) is 29.5. The quantitative estimate of drug-likeness (QED) is 0.100. The lowest BCUT2D eigenvalue weighted by Gasteiger charge is -2.09. The molecule has 0 saturated carbocycles. The third-order valence-corrected chi connectivity index (χ3v) is 10.3. The summed E-state index contributed by atoms with van der Waals surface area (Å²) in [7, 11) is 6.78. The predicted molar refractivity (Wildman–Crippen MR) is 281 cm³/mol. The molecule has 0 aliphatic carbocycles. The van der Waals surface area contributed by atoms with Gasteiger partial charge < -0.3 is 53.3 Å². The Balaban J connectivity index is 0.000000292. The number of nitrogens with two attached hydrogens (primary N) is 6. The van der Waals surface area contributed by atoms with Gasteiger partial charge in [-0.05, 0) is 102 Å². The molecule has 2 unspecified atom stereocenters. The van der Waals surface area contributed by atoms with Crippen LogP contribution in [-0.2, 0) is 27.7 Å². The van der Waals surface area contributed by atoms with E-state index in [1.54, 1.807) is 53.7 Å². The van der Waals surface area contributed by atoms with Gasteiger partial charge >= 0.3 is 1.43 Å². The van der Waals surface area contributed by atoms with Gasteiger partial charge in [-0.2, -0.15) is 25.7 Å². The molecule has 11 rings (SSSR count). The minimum Gasteiger partial charge on any atom is -0.382 e. The summed E-state index contributed by atoms with van der Waals surface area (Å²) in [5.74, 6) is 7.12. The van der Waals surface area contributed by atoms with Crippen molar-refractivity contribution in [3.63, 3.8) is 0 Å². The number of fused-ring (bicyclic) bond motifs is 4. The van der Waals surface area contributed by atoms with Gasteiger partial charge in [-0.25, -0.2) is 38.0 Å². The summed E-state index contributed by atoms with van der Waals surface area (Å²) in [4.78, 5) is 26.5. The molecule has 10 aromatic heterocycles. The maximum absolute atomic E-state index is 11.1. The molecule has 0 radical (unpaired) electrons. The zero-order chi connectivity index (χ0) is 51.9. The molecule has 1 saturated heterocycles. The fourth-order valence-electron chi connectivity index (χ4n) is 6.13. The molecule has 72 heavy (non-hydrogen) atoms. The fourth-order valence-corrected chi connectivity index (χ4v) is 6.55. The van der Waals surface area contributed by atoms with E-state index in [9.17, 15) is 4.79 Å². The van der Waals surface area contributed by atoms with Gasteiger partial charge in [0.2, 0.25) is 0 Å². The van der Waals surface area contributed by atoms with E-state index in [0.717, 1.165) is 46.1 Å². The van der Waals surface area contributed by atoms with E-state index in [-0.39, 0.29) is 27.2 Å². The molecule has 1 aliphatic rings. The highest BCUT2D eigenvalue weighted by Crippen LogP contribution is 2.20. The number of nitriles is 1. The Morgan fingerprint density at radius 3 is 1.64 bits per heavy atom. The highest BCUT2D eigenvalue weighted by molar-refractivity contribution is 9.10. The summed E-state index contributed by atoms with van der Waals surface area (Å²) in [5, 5.41) is 24.2. The molecule has 12 N–H and O–H groups in total. The first-order valence-electron chi connectivity index (χ1n) is 21.4. The van der Waals surface area contributed by atoms with Gasteiger partial charge in [0.25, 0.3) is 0 Å². The van der Waals surface area contributed by atoms with Crippen LogP contribution in [0.5, 0.6) is 0 Å².